The van der Waals surface area contributed by atoms with Gasteiger partial charge in [-0.1, -0.05) is 0 Å². The first-order valence-corrected chi connectivity index (χ1v) is 7.52. The molecule has 3 amide bonds. The molecular formula is C14H16N2O5S. The number of carbonyl (C=O) groups excluding carboxylic acids is 3. The number of hydrogen-bond donors (Lipinski definition) is 2. The number of hydrogen-bond acceptors (Lipinski definition) is 6. The molecule has 2 rings (SSSR count). The van der Waals surface area contributed by atoms with E-state index in [1.54, 1.807) is 19.1 Å². The van der Waals surface area contributed by atoms with Crippen LogP contribution in [0, 0.1) is 6.92 Å². The molecule has 22 heavy (non-hydrogen) atoms. The van der Waals surface area contributed by atoms with Crippen molar-refractivity contribution in [3.05, 3.63) is 28.6 Å². The zero-order chi connectivity index (χ0) is 16.1. The maximum absolute atomic E-state index is 12.1. The van der Waals surface area contributed by atoms with Crippen LogP contribution in [0.2, 0.25) is 0 Å². The molecule has 0 bridgehead atoms. The predicted molar refractivity (Wildman–Crippen MR) is 80.8 cm³/mol. The van der Waals surface area contributed by atoms with E-state index >= 15 is 0 Å². The fourth-order valence-electron chi connectivity index (χ4n) is 1.80. The van der Waals surface area contributed by atoms with Crippen molar-refractivity contribution < 1.29 is 23.9 Å². The highest BCUT2D eigenvalue weighted by Gasteiger charge is 2.36. The third-order valence-electron chi connectivity index (χ3n) is 2.87. The summed E-state index contributed by atoms with van der Waals surface area (Å²) in [6, 6.07) is 3.45. The van der Waals surface area contributed by atoms with Gasteiger partial charge in [0.25, 0.3) is 11.1 Å². The lowest BCUT2D eigenvalue weighted by atomic mass is 10.3. The lowest BCUT2D eigenvalue weighted by molar-refractivity contribution is -0.129. The summed E-state index contributed by atoms with van der Waals surface area (Å²) in [5.74, 6) is 0.233. The molecule has 1 aromatic heterocycles. The third kappa shape index (κ3) is 3.99. The summed E-state index contributed by atoms with van der Waals surface area (Å²) < 4.78 is 5.34. The number of imide groups is 1. The molecule has 1 fully saturated rings. The number of nitrogens with one attached hydrogen (secondary N) is 1. The second-order valence-electron chi connectivity index (χ2n) is 4.64. The van der Waals surface area contributed by atoms with Crippen LogP contribution in [-0.4, -0.2) is 46.8 Å². The number of aliphatic hydroxyl groups excluding tert-OH is 1. The van der Waals surface area contributed by atoms with E-state index in [-0.39, 0.29) is 18.1 Å². The van der Waals surface area contributed by atoms with Gasteiger partial charge < -0.3 is 14.8 Å². The molecule has 2 N–H and O–H groups in total. The Labute approximate surface area is 131 Å². The zero-order valence-corrected chi connectivity index (χ0v) is 12.8. The number of amides is 3. The number of furan rings is 1. The van der Waals surface area contributed by atoms with Crippen molar-refractivity contribution in [2.75, 3.05) is 19.7 Å². The van der Waals surface area contributed by atoms with Gasteiger partial charge in [0.2, 0.25) is 5.91 Å². The molecule has 0 saturated carbocycles. The van der Waals surface area contributed by atoms with Crippen molar-refractivity contribution >= 4 is 34.9 Å². The molecule has 0 aromatic carbocycles. The zero-order valence-electron chi connectivity index (χ0n) is 12.0. The van der Waals surface area contributed by atoms with Crippen molar-refractivity contribution in [3.8, 4) is 0 Å². The topological polar surface area (TPSA) is 99.9 Å². The second-order valence-corrected chi connectivity index (χ2v) is 5.64. The molecule has 0 spiro atoms. The number of carbonyl (C=O) groups is 3. The van der Waals surface area contributed by atoms with E-state index in [2.05, 4.69) is 5.32 Å². The van der Waals surface area contributed by atoms with E-state index in [4.69, 9.17) is 9.52 Å². The van der Waals surface area contributed by atoms with Gasteiger partial charge in [0, 0.05) is 19.2 Å². The van der Waals surface area contributed by atoms with E-state index < -0.39 is 17.1 Å². The van der Waals surface area contributed by atoms with E-state index in [0.717, 1.165) is 16.7 Å². The van der Waals surface area contributed by atoms with Crippen LogP contribution in [0.1, 0.15) is 17.9 Å². The van der Waals surface area contributed by atoms with Crippen LogP contribution in [0.3, 0.4) is 0 Å². The monoisotopic (exact) mass is 324 g/mol. The molecule has 118 valence electrons. The Hall–Kier alpha value is -2.06. The first-order valence-electron chi connectivity index (χ1n) is 6.70. The Morgan fingerprint density at radius 3 is 2.86 bits per heavy atom. The SMILES string of the molecule is Cc1ccc(/C=C2\SC(=O)N(CC(=O)NCCCO)C2=O)o1. The average Bonchev–Trinajstić information content (AvgIpc) is 2.98. The fourth-order valence-corrected chi connectivity index (χ4v) is 2.62. The summed E-state index contributed by atoms with van der Waals surface area (Å²) in [6.07, 6.45) is 1.91. The van der Waals surface area contributed by atoms with Crippen LogP contribution < -0.4 is 5.32 Å². The van der Waals surface area contributed by atoms with Gasteiger partial charge >= 0.3 is 0 Å². The van der Waals surface area contributed by atoms with Crippen molar-refractivity contribution in [1.82, 2.24) is 10.2 Å². The number of aryl methyl sites for hydroxylation is 1. The predicted octanol–water partition coefficient (Wildman–Crippen LogP) is 1.12. The normalized spacial score (nSPS) is 16.6. The molecule has 1 aromatic rings. The van der Waals surface area contributed by atoms with E-state index in [9.17, 15) is 14.4 Å². The first kappa shape index (κ1) is 16.3. The molecule has 1 aliphatic rings. The largest absolute Gasteiger partial charge is 0.462 e. The Kier molecular flexibility index (Phi) is 5.40. The molecule has 0 atom stereocenters. The van der Waals surface area contributed by atoms with E-state index in [0.29, 0.717) is 24.5 Å². The van der Waals surface area contributed by atoms with Crippen LogP contribution in [0.5, 0.6) is 0 Å². The van der Waals surface area contributed by atoms with Gasteiger partial charge in [-0.05, 0) is 37.2 Å². The average molecular weight is 324 g/mol. The highest BCUT2D eigenvalue weighted by molar-refractivity contribution is 8.18. The van der Waals surface area contributed by atoms with Crippen LogP contribution in [0.15, 0.2) is 21.5 Å². The maximum Gasteiger partial charge on any atom is 0.294 e. The van der Waals surface area contributed by atoms with Crippen molar-refractivity contribution in [2.24, 2.45) is 0 Å². The number of nitrogens with zero attached hydrogens (tertiary/aromatic N) is 1. The van der Waals surface area contributed by atoms with E-state index in [1.165, 1.54) is 6.08 Å². The summed E-state index contributed by atoms with van der Waals surface area (Å²) in [5, 5.41) is 10.7. The summed E-state index contributed by atoms with van der Waals surface area (Å²) >= 11 is 0.775. The third-order valence-corrected chi connectivity index (χ3v) is 3.77. The molecule has 2 heterocycles. The van der Waals surface area contributed by atoms with Crippen LogP contribution in [0.4, 0.5) is 4.79 Å². The van der Waals surface area contributed by atoms with Gasteiger partial charge in [-0.15, -0.1) is 0 Å². The van der Waals surface area contributed by atoms with Gasteiger partial charge in [-0.2, -0.15) is 0 Å². The van der Waals surface area contributed by atoms with Gasteiger partial charge in [0.05, 0.1) is 4.91 Å². The quantitative estimate of drug-likeness (QED) is 0.601. The molecule has 0 aliphatic carbocycles. The molecule has 7 nitrogen and oxygen atoms in total. The van der Waals surface area contributed by atoms with Gasteiger partial charge in [0.1, 0.15) is 18.1 Å². The molecule has 8 heteroatoms. The van der Waals surface area contributed by atoms with Crippen LogP contribution >= 0.6 is 11.8 Å². The Bertz CT molecular complexity index is 623. The summed E-state index contributed by atoms with van der Waals surface area (Å²) in [4.78, 5) is 36.7. The summed E-state index contributed by atoms with van der Waals surface area (Å²) in [6.45, 7) is 1.71. The van der Waals surface area contributed by atoms with Gasteiger partial charge in [-0.25, -0.2) is 0 Å². The molecule has 1 saturated heterocycles. The number of thioether (sulfide) groups is 1. The van der Waals surface area contributed by atoms with E-state index in [1.807, 2.05) is 0 Å². The minimum absolute atomic E-state index is 0.0346. The van der Waals surface area contributed by atoms with Crippen LogP contribution in [-0.2, 0) is 9.59 Å². The van der Waals surface area contributed by atoms with Crippen LogP contribution in [0.25, 0.3) is 6.08 Å². The fraction of sp³-hybridized carbons (Fsp3) is 0.357. The summed E-state index contributed by atoms with van der Waals surface area (Å²) in [5.41, 5.74) is 0. The van der Waals surface area contributed by atoms with Gasteiger partial charge in [-0.3, -0.25) is 19.3 Å². The van der Waals surface area contributed by atoms with Crippen molar-refractivity contribution in [3.63, 3.8) is 0 Å². The Balaban J connectivity index is 1.99. The Morgan fingerprint density at radius 1 is 1.45 bits per heavy atom. The lowest BCUT2D eigenvalue weighted by Crippen LogP contribution is -2.39. The highest BCUT2D eigenvalue weighted by atomic mass is 32.2. The second kappa shape index (κ2) is 7.28. The molecule has 0 unspecified atom stereocenters. The smallest absolute Gasteiger partial charge is 0.294 e. The highest BCUT2D eigenvalue weighted by Crippen LogP contribution is 2.32. The van der Waals surface area contributed by atoms with Crippen molar-refractivity contribution in [1.29, 1.82) is 0 Å². The minimum atomic E-state index is -0.513. The summed E-state index contributed by atoms with van der Waals surface area (Å²) in [7, 11) is 0. The van der Waals surface area contributed by atoms with Gasteiger partial charge in [0.15, 0.2) is 0 Å². The minimum Gasteiger partial charge on any atom is -0.462 e. The molecular weight excluding hydrogens is 308 g/mol. The first-order chi connectivity index (χ1) is 10.5. The van der Waals surface area contributed by atoms with Crippen molar-refractivity contribution in [2.45, 2.75) is 13.3 Å². The molecule has 0 radical (unpaired) electrons. The Morgan fingerprint density at radius 2 is 2.23 bits per heavy atom. The number of aliphatic hydroxyl groups is 1. The standard InChI is InChI=1S/C14H16N2O5S/c1-9-3-4-10(21-9)7-11-13(19)16(14(20)22-11)8-12(18)15-5-2-6-17/h3-4,7,17H,2,5-6,8H2,1H3,(H,15,18)/b11-7-. The number of rotatable bonds is 6. The lowest BCUT2D eigenvalue weighted by Gasteiger charge is -2.11. The molecule has 1 aliphatic heterocycles. The maximum atomic E-state index is 12.1.